The van der Waals surface area contributed by atoms with E-state index in [0.29, 0.717) is 5.75 Å². The van der Waals surface area contributed by atoms with Gasteiger partial charge in [-0.2, -0.15) is 0 Å². The third-order valence-corrected chi connectivity index (χ3v) is 2.38. The summed E-state index contributed by atoms with van der Waals surface area (Å²) < 4.78 is 5.42. The van der Waals surface area contributed by atoms with Gasteiger partial charge in [0.2, 0.25) is 0 Å². The maximum Gasteiger partial charge on any atom is 0.167 e. The van der Waals surface area contributed by atoms with Crippen molar-refractivity contribution in [1.29, 1.82) is 0 Å². The molecule has 0 bridgehead atoms. The first-order valence-electron chi connectivity index (χ1n) is 5.15. The Morgan fingerprint density at radius 3 is 2.94 bits per heavy atom. The third kappa shape index (κ3) is 2.03. The first-order chi connectivity index (χ1) is 7.68. The lowest BCUT2D eigenvalue weighted by atomic mass is 10.1. The molecule has 16 heavy (non-hydrogen) atoms. The van der Waals surface area contributed by atoms with E-state index in [4.69, 9.17) is 4.74 Å². The van der Waals surface area contributed by atoms with Crippen LogP contribution in [0.1, 0.15) is 12.5 Å². The molecule has 0 atom stereocenters. The molecule has 1 aromatic heterocycles. The second kappa shape index (κ2) is 4.31. The summed E-state index contributed by atoms with van der Waals surface area (Å²) in [7, 11) is 0. The zero-order chi connectivity index (χ0) is 11.5. The predicted octanol–water partition coefficient (Wildman–Crippen LogP) is 2.51. The topological polar surface area (TPSA) is 39.2 Å². The van der Waals surface area contributed by atoms with Crippen LogP contribution in [0.15, 0.2) is 30.5 Å². The standard InChI is InChI=1S/C13H13NO2/c1-9-6-7-14-13-11(9)4-3-5-12(13)16-8-10(2)15/h3-7H,8H2,1-2H3. The number of carbonyl (C=O) groups excluding carboxylic acids is 1. The highest BCUT2D eigenvalue weighted by atomic mass is 16.5. The van der Waals surface area contributed by atoms with Crippen LogP contribution in [0.2, 0.25) is 0 Å². The molecule has 0 fully saturated rings. The molecule has 0 radical (unpaired) electrons. The predicted molar refractivity (Wildman–Crippen MR) is 62.7 cm³/mol. The third-order valence-electron chi connectivity index (χ3n) is 2.38. The fourth-order valence-corrected chi connectivity index (χ4v) is 1.58. The van der Waals surface area contributed by atoms with Crippen molar-refractivity contribution in [3.63, 3.8) is 0 Å². The number of ether oxygens (including phenoxy) is 1. The maximum atomic E-state index is 10.9. The van der Waals surface area contributed by atoms with Crippen molar-refractivity contribution in [2.75, 3.05) is 6.61 Å². The first-order valence-corrected chi connectivity index (χ1v) is 5.15. The average Bonchev–Trinajstić information content (AvgIpc) is 2.27. The van der Waals surface area contributed by atoms with Crippen LogP contribution in [-0.2, 0) is 4.79 Å². The minimum Gasteiger partial charge on any atom is -0.484 e. The minimum absolute atomic E-state index is 0.00431. The second-order valence-electron chi connectivity index (χ2n) is 3.77. The number of benzene rings is 1. The van der Waals surface area contributed by atoms with Crippen LogP contribution in [0.25, 0.3) is 10.9 Å². The molecule has 0 N–H and O–H groups in total. The average molecular weight is 215 g/mol. The van der Waals surface area contributed by atoms with Gasteiger partial charge in [0.15, 0.2) is 5.78 Å². The van der Waals surface area contributed by atoms with Crippen LogP contribution < -0.4 is 4.74 Å². The van der Waals surface area contributed by atoms with Crippen molar-refractivity contribution in [3.05, 3.63) is 36.0 Å². The summed E-state index contributed by atoms with van der Waals surface area (Å²) in [5, 5.41) is 1.06. The summed E-state index contributed by atoms with van der Waals surface area (Å²) >= 11 is 0. The van der Waals surface area contributed by atoms with Gasteiger partial charge in [0.05, 0.1) is 0 Å². The lowest BCUT2D eigenvalue weighted by Crippen LogP contribution is -2.07. The zero-order valence-electron chi connectivity index (χ0n) is 9.36. The molecule has 0 aliphatic carbocycles. The van der Waals surface area contributed by atoms with Crippen LogP contribution in [-0.4, -0.2) is 17.4 Å². The molecule has 2 aromatic rings. The Bertz CT molecular complexity index is 534. The van der Waals surface area contributed by atoms with Gasteiger partial charge in [-0.05, 0) is 31.5 Å². The number of fused-ring (bicyclic) bond motifs is 1. The fourth-order valence-electron chi connectivity index (χ4n) is 1.58. The van der Waals surface area contributed by atoms with E-state index in [1.54, 1.807) is 6.20 Å². The Kier molecular flexibility index (Phi) is 2.86. The quantitative estimate of drug-likeness (QED) is 0.789. The van der Waals surface area contributed by atoms with E-state index in [0.717, 1.165) is 16.5 Å². The molecule has 0 saturated carbocycles. The van der Waals surface area contributed by atoms with E-state index < -0.39 is 0 Å². The monoisotopic (exact) mass is 215 g/mol. The Hall–Kier alpha value is -1.90. The molecule has 1 aromatic carbocycles. The summed E-state index contributed by atoms with van der Waals surface area (Å²) in [5.41, 5.74) is 1.96. The Labute approximate surface area is 94.1 Å². The molecule has 1 heterocycles. The van der Waals surface area contributed by atoms with Crippen LogP contribution >= 0.6 is 0 Å². The van der Waals surface area contributed by atoms with Crippen molar-refractivity contribution < 1.29 is 9.53 Å². The van der Waals surface area contributed by atoms with Crippen molar-refractivity contribution >= 4 is 16.7 Å². The molecule has 0 amide bonds. The molecule has 3 nitrogen and oxygen atoms in total. The van der Waals surface area contributed by atoms with Gasteiger partial charge >= 0.3 is 0 Å². The van der Waals surface area contributed by atoms with Gasteiger partial charge in [-0.3, -0.25) is 9.78 Å². The van der Waals surface area contributed by atoms with Crippen molar-refractivity contribution in [1.82, 2.24) is 4.98 Å². The highest BCUT2D eigenvalue weighted by molar-refractivity contribution is 5.87. The Morgan fingerprint density at radius 1 is 1.38 bits per heavy atom. The number of rotatable bonds is 3. The van der Waals surface area contributed by atoms with Gasteiger partial charge in [0.1, 0.15) is 17.9 Å². The van der Waals surface area contributed by atoms with Gasteiger partial charge in [-0.25, -0.2) is 0 Å². The summed E-state index contributed by atoms with van der Waals surface area (Å²) in [6.07, 6.45) is 1.75. The number of aromatic nitrogens is 1. The summed E-state index contributed by atoms with van der Waals surface area (Å²) in [4.78, 5) is 15.2. The molecule has 0 unspecified atom stereocenters. The molecule has 3 heteroatoms. The van der Waals surface area contributed by atoms with E-state index >= 15 is 0 Å². The number of para-hydroxylation sites is 1. The van der Waals surface area contributed by atoms with Gasteiger partial charge < -0.3 is 4.74 Å². The maximum absolute atomic E-state index is 10.9. The molecule has 0 aliphatic rings. The number of aryl methyl sites for hydroxylation is 1. The van der Waals surface area contributed by atoms with E-state index in [1.165, 1.54) is 6.92 Å². The summed E-state index contributed by atoms with van der Waals surface area (Å²) in [6.45, 7) is 3.62. The number of nitrogens with zero attached hydrogens (tertiary/aromatic N) is 1. The molecular weight excluding hydrogens is 202 g/mol. The smallest absolute Gasteiger partial charge is 0.167 e. The largest absolute Gasteiger partial charge is 0.484 e. The van der Waals surface area contributed by atoms with Crippen LogP contribution in [0.3, 0.4) is 0 Å². The normalized spacial score (nSPS) is 10.4. The van der Waals surface area contributed by atoms with Gasteiger partial charge in [0, 0.05) is 11.6 Å². The van der Waals surface area contributed by atoms with Gasteiger partial charge in [-0.15, -0.1) is 0 Å². The molecular formula is C13H13NO2. The van der Waals surface area contributed by atoms with E-state index in [9.17, 15) is 4.79 Å². The summed E-state index contributed by atoms with van der Waals surface area (Å²) in [5.74, 6) is 0.668. The van der Waals surface area contributed by atoms with Crippen LogP contribution in [0, 0.1) is 6.92 Å². The number of hydrogen-bond acceptors (Lipinski definition) is 3. The van der Waals surface area contributed by atoms with Gasteiger partial charge in [0.25, 0.3) is 0 Å². The molecule has 0 spiro atoms. The number of carbonyl (C=O) groups is 1. The Morgan fingerprint density at radius 2 is 2.19 bits per heavy atom. The molecule has 0 saturated heterocycles. The van der Waals surface area contributed by atoms with Gasteiger partial charge in [-0.1, -0.05) is 12.1 Å². The lowest BCUT2D eigenvalue weighted by Gasteiger charge is -2.08. The van der Waals surface area contributed by atoms with E-state index in [1.807, 2.05) is 31.2 Å². The SMILES string of the molecule is CC(=O)COc1cccc2c(C)ccnc12. The van der Waals surface area contributed by atoms with Crippen molar-refractivity contribution in [3.8, 4) is 5.75 Å². The van der Waals surface area contributed by atoms with Crippen LogP contribution in [0.4, 0.5) is 0 Å². The highest BCUT2D eigenvalue weighted by Gasteiger charge is 2.05. The van der Waals surface area contributed by atoms with E-state index in [2.05, 4.69) is 4.98 Å². The number of ketones is 1. The fraction of sp³-hybridized carbons (Fsp3) is 0.231. The van der Waals surface area contributed by atoms with Crippen molar-refractivity contribution in [2.45, 2.75) is 13.8 Å². The molecule has 82 valence electrons. The Balaban J connectivity index is 2.45. The summed E-state index contributed by atoms with van der Waals surface area (Å²) in [6, 6.07) is 7.69. The lowest BCUT2D eigenvalue weighted by molar-refractivity contribution is -0.118. The molecule has 0 aliphatic heterocycles. The van der Waals surface area contributed by atoms with E-state index in [-0.39, 0.29) is 12.4 Å². The number of hydrogen-bond donors (Lipinski definition) is 0. The van der Waals surface area contributed by atoms with Crippen LogP contribution in [0.5, 0.6) is 5.75 Å². The zero-order valence-corrected chi connectivity index (χ0v) is 9.36. The number of pyridine rings is 1. The second-order valence-corrected chi connectivity index (χ2v) is 3.77. The molecule has 2 rings (SSSR count). The number of Topliss-reactive ketones (excluding diaryl/α,β-unsaturated/α-hetero) is 1. The van der Waals surface area contributed by atoms with Crippen molar-refractivity contribution in [2.24, 2.45) is 0 Å². The first kappa shape index (κ1) is 10.6. The highest BCUT2D eigenvalue weighted by Crippen LogP contribution is 2.25. The minimum atomic E-state index is 0.00431.